The zero-order valence-electron chi connectivity index (χ0n) is 11.5. The van der Waals surface area contributed by atoms with Crippen LogP contribution >= 0.6 is 35.0 Å². The molecule has 4 heteroatoms. The predicted molar refractivity (Wildman–Crippen MR) is 90.0 cm³/mol. The van der Waals surface area contributed by atoms with E-state index in [1.165, 1.54) is 16.7 Å². The van der Waals surface area contributed by atoms with Crippen LogP contribution in [0.4, 0.5) is 0 Å². The molecule has 1 nitrogen and oxygen atoms in total. The van der Waals surface area contributed by atoms with Crippen molar-refractivity contribution in [2.45, 2.75) is 24.8 Å². The molecule has 0 bridgehead atoms. The van der Waals surface area contributed by atoms with E-state index in [1.807, 2.05) is 18.2 Å². The Hall–Kier alpha value is -0.670. The van der Waals surface area contributed by atoms with E-state index in [1.54, 1.807) is 11.8 Å². The molecule has 0 fully saturated rings. The van der Waals surface area contributed by atoms with Crippen molar-refractivity contribution < 1.29 is 0 Å². The Balaban J connectivity index is 2.06. The molecule has 2 aromatic carbocycles. The van der Waals surface area contributed by atoms with Crippen LogP contribution in [0, 0.1) is 13.8 Å². The van der Waals surface area contributed by atoms with Gasteiger partial charge < -0.3 is 5.73 Å². The summed E-state index contributed by atoms with van der Waals surface area (Å²) in [5.41, 5.74) is 9.98. The Kier molecular flexibility index (Phi) is 5.39. The van der Waals surface area contributed by atoms with Crippen molar-refractivity contribution in [2.24, 2.45) is 5.73 Å². The number of benzene rings is 2. The van der Waals surface area contributed by atoms with Gasteiger partial charge in [0.25, 0.3) is 0 Å². The number of rotatable bonds is 4. The molecule has 0 aromatic heterocycles. The molecule has 0 saturated heterocycles. The Labute approximate surface area is 134 Å². The molecule has 0 saturated carbocycles. The largest absolute Gasteiger partial charge is 0.323 e. The Morgan fingerprint density at radius 2 is 1.80 bits per heavy atom. The summed E-state index contributed by atoms with van der Waals surface area (Å²) in [6, 6.07) is 12.1. The summed E-state index contributed by atoms with van der Waals surface area (Å²) in [5, 5.41) is 1.16. The number of aryl methyl sites for hydroxylation is 2. The predicted octanol–water partition coefficient (Wildman–Crippen LogP) is 5.40. The summed E-state index contributed by atoms with van der Waals surface area (Å²) in [4.78, 5) is 1.08. The first-order valence-electron chi connectivity index (χ1n) is 6.38. The van der Waals surface area contributed by atoms with E-state index >= 15 is 0 Å². The van der Waals surface area contributed by atoms with Gasteiger partial charge >= 0.3 is 0 Å². The van der Waals surface area contributed by atoms with Crippen LogP contribution in [0.3, 0.4) is 0 Å². The zero-order valence-corrected chi connectivity index (χ0v) is 13.8. The van der Waals surface area contributed by atoms with E-state index in [9.17, 15) is 0 Å². The molecule has 0 aliphatic heterocycles. The van der Waals surface area contributed by atoms with Crippen LogP contribution in [-0.4, -0.2) is 5.75 Å². The minimum atomic E-state index is 0.00866. The van der Waals surface area contributed by atoms with E-state index in [2.05, 4.69) is 32.0 Å². The average molecular weight is 326 g/mol. The Morgan fingerprint density at radius 3 is 2.50 bits per heavy atom. The lowest BCUT2D eigenvalue weighted by atomic mass is 10.0. The Bertz CT molecular complexity index is 613. The second kappa shape index (κ2) is 6.86. The van der Waals surface area contributed by atoms with E-state index in [4.69, 9.17) is 28.9 Å². The first-order chi connectivity index (χ1) is 9.47. The topological polar surface area (TPSA) is 26.0 Å². The van der Waals surface area contributed by atoms with Gasteiger partial charge in [0.2, 0.25) is 0 Å². The summed E-state index contributed by atoms with van der Waals surface area (Å²) >= 11 is 13.6. The third-order valence-electron chi connectivity index (χ3n) is 3.15. The van der Waals surface area contributed by atoms with Crippen LogP contribution in [0.25, 0.3) is 0 Å². The van der Waals surface area contributed by atoms with Crippen molar-refractivity contribution in [3.63, 3.8) is 0 Å². The van der Waals surface area contributed by atoms with Gasteiger partial charge in [-0.1, -0.05) is 47.0 Å². The summed E-state index contributed by atoms with van der Waals surface area (Å²) < 4.78 is 0. The molecule has 1 unspecified atom stereocenters. The molecule has 2 N–H and O–H groups in total. The minimum Gasteiger partial charge on any atom is -0.323 e. The van der Waals surface area contributed by atoms with Crippen LogP contribution in [0.15, 0.2) is 41.3 Å². The van der Waals surface area contributed by atoms with Crippen molar-refractivity contribution in [3.8, 4) is 0 Å². The van der Waals surface area contributed by atoms with Gasteiger partial charge in [-0.25, -0.2) is 0 Å². The van der Waals surface area contributed by atoms with Gasteiger partial charge in [-0.05, 0) is 43.2 Å². The molecule has 0 aliphatic rings. The first-order valence-corrected chi connectivity index (χ1v) is 8.12. The van der Waals surface area contributed by atoms with Crippen LogP contribution in [-0.2, 0) is 0 Å². The zero-order chi connectivity index (χ0) is 14.7. The summed E-state index contributed by atoms with van der Waals surface area (Å²) in [5.74, 6) is 0.808. The monoisotopic (exact) mass is 325 g/mol. The maximum absolute atomic E-state index is 6.30. The normalized spacial score (nSPS) is 12.4. The third kappa shape index (κ3) is 3.92. The smallest absolute Gasteiger partial charge is 0.0603 e. The molecule has 0 amide bonds. The highest BCUT2D eigenvalue weighted by Gasteiger charge is 2.10. The van der Waals surface area contributed by atoms with Crippen molar-refractivity contribution in [3.05, 3.63) is 63.1 Å². The minimum absolute atomic E-state index is 0.00866. The van der Waals surface area contributed by atoms with Crippen molar-refractivity contribution in [1.82, 2.24) is 0 Å². The van der Waals surface area contributed by atoms with Gasteiger partial charge in [0.05, 0.1) is 10.0 Å². The SMILES string of the molecule is Cc1ccc(C)c(C(N)CSc2ccc(Cl)c(Cl)c2)c1. The molecule has 0 spiro atoms. The number of thioether (sulfide) groups is 1. The maximum Gasteiger partial charge on any atom is 0.0603 e. The van der Waals surface area contributed by atoms with Crippen LogP contribution < -0.4 is 5.73 Å². The highest BCUT2D eigenvalue weighted by Crippen LogP contribution is 2.30. The maximum atomic E-state index is 6.30. The van der Waals surface area contributed by atoms with Crippen LogP contribution in [0.2, 0.25) is 10.0 Å². The van der Waals surface area contributed by atoms with Gasteiger partial charge in [0.1, 0.15) is 0 Å². The number of hydrogen-bond donors (Lipinski definition) is 1. The fourth-order valence-electron chi connectivity index (χ4n) is 2.00. The molecule has 20 heavy (non-hydrogen) atoms. The summed E-state index contributed by atoms with van der Waals surface area (Å²) in [7, 11) is 0. The van der Waals surface area contributed by atoms with Gasteiger partial charge in [-0.2, -0.15) is 0 Å². The molecule has 1 atom stereocenters. The second-order valence-corrected chi connectivity index (χ2v) is 6.76. The molecule has 0 aliphatic carbocycles. The number of halogens is 2. The highest BCUT2D eigenvalue weighted by molar-refractivity contribution is 7.99. The van der Waals surface area contributed by atoms with E-state index in [-0.39, 0.29) is 6.04 Å². The molecule has 0 heterocycles. The fourth-order valence-corrected chi connectivity index (χ4v) is 3.28. The molecule has 106 valence electrons. The van der Waals surface area contributed by atoms with Gasteiger partial charge in [-0.15, -0.1) is 11.8 Å². The van der Waals surface area contributed by atoms with Gasteiger partial charge in [-0.3, -0.25) is 0 Å². The Morgan fingerprint density at radius 1 is 1.05 bits per heavy atom. The number of nitrogens with two attached hydrogens (primary N) is 1. The van der Waals surface area contributed by atoms with Crippen LogP contribution in [0.5, 0.6) is 0 Å². The molecule has 0 radical (unpaired) electrons. The lowest BCUT2D eigenvalue weighted by molar-refractivity contribution is 0.821. The second-order valence-electron chi connectivity index (χ2n) is 4.85. The fraction of sp³-hybridized carbons (Fsp3) is 0.250. The van der Waals surface area contributed by atoms with Crippen molar-refractivity contribution in [2.75, 3.05) is 5.75 Å². The summed E-state index contributed by atoms with van der Waals surface area (Å²) in [6.45, 7) is 4.18. The van der Waals surface area contributed by atoms with E-state index < -0.39 is 0 Å². The lowest BCUT2D eigenvalue weighted by Crippen LogP contribution is -2.14. The molecule has 2 aromatic rings. The highest BCUT2D eigenvalue weighted by atomic mass is 35.5. The van der Waals surface area contributed by atoms with Gasteiger partial charge in [0, 0.05) is 16.7 Å². The standard InChI is InChI=1S/C16H17Cl2NS/c1-10-3-4-11(2)13(7-10)16(19)9-20-12-5-6-14(17)15(18)8-12/h3-8,16H,9,19H2,1-2H3. The number of hydrogen-bond acceptors (Lipinski definition) is 2. The molecule has 2 rings (SSSR count). The molecular weight excluding hydrogens is 309 g/mol. The molecular formula is C16H17Cl2NS. The average Bonchev–Trinajstić information content (AvgIpc) is 2.42. The van der Waals surface area contributed by atoms with E-state index in [0.29, 0.717) is 10.0 Å². The van der Waals surface area contributed by atoms with E-state index in [0.717, 1.165) is 10.6 Å². The van der Waals surface area contributed by atoms with Crippen LogP contribution in [0.1, 0.15) is 22.7 Å². The first kappa shape index (κ1) is 15.7. The van der Waals surface area contributed by atoms with Crippen molar-refractivity contribution >= 4 is 35.0 Å². The quantitative estimate of drug-likeness (QED) is 0.761. The van der Waals surface area contributed by atoms with Crippen molar-refractivity contribution in [1.29, 1.82) is 0 Å². The third-order valence-corrected chi connectivity index (χ3v) is 5.01. The van der Waals surface area contributed by atoms with Gasteiger partial charge in [0.15, 0.2) is 0 Å². The lowest BCUT2D eigenvalue weighted by Gasteiger charge is -2.15. The summed E-state index contributed by atoms with van der Waals surface area (Å²) in [6.07, 6.45) is 0.